The van der Waals surface area contributed by atoms with Crippen molar-refractivity contribution in [3.63, 3.8) is 0 Å². The monoisotopic (exact) mass is 338 g/mol. The molecule has 0 bridgehead atoms. The number of benzene rings is 2. The summed E-state index contributed by atoms with van der Waals surface area (Å²) in [7, 11) is 0. The summed E-state index contributed by atoms with van der Waals surface area (Å²) in [5, 5.41) is 5.77. The van der Waals surface area contributed by atoms with Gasteiger partial charge in [-0.3, -0.25) is 4.79 Å². The number of unbranched alkanes of at least 4 members (excludes halogenated alkanes) is 1. The van der Waals surface area contributed by atoms with Crippen LogP contribution in [-0.4, -0.2) is 25.0 Å². The van der Waals surface area contributed by atoms with Crippen LogP contribution in [0.5, 0.6) is 5.75 Å². The van der Waals surface area contributed by atoms with Gasteiger partial charge in [-0.15, -0.1) is 5.10 Å². The molecule has 0 spiro atoms. The number of hydrazone groups is 1. The van der Waals surface area contributed by atoms with Crippen molar-refractivity contribution in [2.45, 2.75) is 26.7 Å². The summed E-state index contributed by atoms with van der Waals surface area (Å²) in [4.78, 5) is 12.1. The lowest BCUT2D eigenvalue weighted by Crippen LogP contribution is -2.36. The molecule has 1 heterocycles. The third-order valence-electron chi connectivity index (χ3n) is 3.91. The Kier molecular flexibility index (Phi) is 5.33. The molecule has 0 N–H and O–H groups in total. The summed E-state index contributed by atoms with van der Waals surface area (Å²) in [5.74, 6) is 1.06. The number of hydrogen-bond donors (Lipinski definition) is 0. The van der Waals surface area contributed by atoms with Crippen LogP contribution in [0.1, 0.15) is 30.9 Å². The molecule has 0 radical (unpaired) electrons. The molecule has 5 heteroatoms. The molecule has 0 fully saturated rings. The number of carbonyl (C=O) groups is 1. The number of anilines is 1. The maximum Gasteiger partial charge on any atom is 0.285 e. The van der Waals surface area contributed by atoms with Crippen LogP contribution in [0.2, 0.25) is 0 Å². The van der Waals surface area contributed by atoms with E-state index in [1.165, 1.54) is 5.01 Å². The van der Waals surface area contributed by atoms with Crippen molar-refractivity contribution in [2.75, 3.05) is 18.2 Å². The van der Waals surface area contributed by atoms with E-state index in [0.29, 0.717) is 12.5 Å². The van der Waals surface area contributed by atoms with Crippen molar-refractivity contribution in [3.8, 4) is 5.75 Å². The highest BCUT2D eigenvalue weighted by Gasteiger charge is 2.24. The van der Waals surface area contributed by atoms with Gasteiger partial charge in [0, 0.05) is 5.56 Å². The van der Waals surface area contributed by atoms with Crippen molar-refractivity contribution < 1.29 is 14.3 Å². The Morgan fingerprint density at radius 3 is 2.52 bits per heavy atom. The maximum absolute atomic E-state index is 12.1. The van der Waals surface area contributed by atoms with Gasteiger partial charge in [0.2, 0.25) is 5.90 Å². The Morgan fingerprint density at radius 2 is 1.84 bits per heavy atom. The van der Waals surface area contributed by atoms with Crippen LogP contribution in [-0.2, 0) is 9.53 Å². The number of rotatable bonds is 6. The number of nitrogens with zero attached hydrogens (tertiary/aromatic N) is 2. The minimum absolute atomic E-state index is 0.0263. The van der Waals surface area contributed by atoms with E-state index in [-0.39, 0.29) is 12.5 Å². The van der Waals surface area contributed by atoms with Crippen molar-refractivity contribution in [3.05, 3.63) is 59.7 Å². The minimum atomic E-state index is -0.188. The van der Waals surface area contributed by atoms with Gasteiger partial charge in [0.1, 0.15) is 5.75 Å². The molecule has 5 nitrogen and oxygen atoms in total. The van der Waals surface area contributed by atoms with Crippen molar-refractivity contribution in [1.82, 2.24) is 0 Å². The van der Waals surface area contributed by atoms with Crippen LogP contribution >= 0.6 is 0 Å². The lowest BCUT2D eigenvalue weighted by atomic mass is 10.2. The quantitative estimate of drug-likeness (QED) is 0.751. The average molecular weight is 338 g/mol. The van der Waals surface area contributed by atoms with E-state index in [4.69, 9.17) is 9.47 Å². The van der Waals surface area contributed by atoms with E-state index in [1.807, 2.05) is 55.5 Å². The van der Waals surface area contributed by atoms with Gasteiger partial charge >= 0.3 is 0 Å². The second-order valence-corrected chi connectivity index (χ2v) is 5.96. The Labute approximate surface area is 147 Å². The lowest BCUT2D eigenvalue weighted by molar-refractivity contribution is -0.121. The fraction of sp³-hybridized carbons (Fsp3) is 0.300. The summed E-state index contributed by atoms with van der Waals surface area (Å²) in [5.41, 5.74) is 2.68. The van der Waals surface area contributed by atoms with Gasteiger partial charge in [-0.2, -0.15) is 5.01 Å². The highest BCUT2D eigenvalue weighted by Crippen LogP contribution is 2.21. The summed E-state index contributed by atoms with van der Waals surface area (Å²) in [6.07, 6.45) is 2.14. The zero-order valence-electron chi connectivity index (χ0n) is 14.6. The van der Waals surface area contributed by atoms with Crippen molar-refractivity contribution in [2.24, 2.45) is 5.10 Å². The normalized spacial score (nSPS) is 14.1. The standard InChI is InChI=1S/C20H22N2O3/c1-3-4-13-24-18-11-7-16(8-12-18)20-21-22(19(23)14-25-20)17-9-5-15(2)6-10-17/h5-12H,3-4,13-14H2,1-2H3. The maximum atomic E-state index is 12.1. The zero-order valence-corrected chi connectivity index (χ0v) is 14.6. The first-order chi connectivity index (χ1) is 12.2. The molecule has 2 aromatic rings. The fourth-order valence-electron chi connectivity index (χ4n) is 2.42. The molecule has 1 aliphatic rings. The molecule has 2 aromatic carbocycles. The number of amides is 1. The van der Waals surface area contributed by atoms with Crippen molar-refractivity contribution >= 4 is 17.5 Å². The van der Waals surface area contributed by atoms with E-state index < -0.39 is 0 Å². The smallest absolute Gasteiger partial charge is 0.285 e. The first kappa shape index (κ1) is 17.0. The predicted octanol–water partition coefficient (Wildman–Crippen LogP) is 3.90. The number of aryl methyl sites for hydroxylation is 1. The van der Waals surface area contributed by atoms with E-state index >= 15 is 0 Å². The molecule has 0 saturated heterocycles. The third kappa shape index (κ3) is 4.18. The van der Waals surface area contributed by atoms with Gasteiger partial charge in [0.15, 0.2) is 6.61 Å². The summed E-state index contributed by atoms with van der Waals surface area (Å²) >= 11 is 0. The second kappa shape index (κ2) is 7.83. The van der Waals surface area contributed by atoms with Crippen LogP contribution in [0.25, 0.3) is 0 Å². The Hall–Kier alpha value is -2.82. The van der Waals surface area contributed by atoms with E-state index in [1.54, 1.807) is 0 Å². The van der Waals surface area contributed by atoms with Gasteiger partial charge in [0.05, 0.1) is 12.3 Å². The molecule has 25 heavy (non-hydrogen) atoms. The highest BCUT2D eigenvalue weighted by molar-refractivity contribution is 6.04. The SMILES string of the molecule is CCCCOc1ccc(C2=NN(c3ccc(C)cc3)C(=O)CO2)cc1. The summed E-state index contributed by atoms with van der Waals surface area (Å²) in [6.45, 7) is 4.82. The molecule has 0 unspecified atom stereocenters. The first-order valence-corrected chi connectivity index (χ1v) is 8.51. The zero-order chi connectivity index (χ0) is 17.6. The number of carbonyl (C=O) groups excluding carboxylic acids is 1. The van der Waals surface area contributed by atoms with E-state index in [9.17, 15) is 4.79 Å². The van der Waals surface area contributed by atoms with Crippen molar-refractivity contribution in [1.29, 1.82) is 0 Å². The van der Waals surface area contributed by atoms with Crippen LogP contribution in [0, 0.1) is 6.92 Å². The lowest BCUT2D eigenvalue weighted by Gasteiger charge is -2.24. The van der Waals surface area contributed by atoms with Gasteiger partial charge in [-0.25, -0.2) is 0 Å². The average Bonchev–Trinajstić information content (AvgIpc) is 2.64. The molecule has 3 rings (SSSR count). The molecular weight excluding hydrogens is 316 g/mol. The molecule has 0 atom stereocenters. The summed E-state index contributed by atoms with van der Waals surface area (Å²) < 4.78 is 11.2. The molecular formula is C20H22N2O3. The summed E-state index contributed by atoms with van der Waals surface area (Å²) in [6, 6.07) is 15.2. The molecule has 0 aliphatic carbocycles. The minimum Gasteiger partial charge on any atom is -0.494 e. The highest BCUT2D eigenvalue weighted by atomic mass is 16.5. The topological polar surface area (TPSA) is 51.1 Å². The Balaban J connectivity index is 1.78. The Morgan fingerprint density at radius 1 is 1.12 bits per heavy atom. The molecule has 1 amide bonds. The molecule has 130 valence electrons. The van der Waals surface area contributed by atoms with Crippen LogP contribution in [0.3, 0.4) is 0 Å². The predicted molar refractivity (Wildman–Crippen MR) is 98.0 cm³/mol. The Bertz CT molecular complexity index is 752. The number of ether oxygens (including phenoxy) is 2. The van der Waals surface area contributed by atoms with Crippen LogP contribution in [0.15, 0.2) is 53.6 Å². The first-order valence-electron chi connectivity index (χ1n) is 8.51. The van der Waals surface area contributed by atoms with E-state index in [2.05, 4.69) is 12.0 Å². The van der Waals surface area contributed by atoms with Gasteiger partial charge in [-0.05, 0) is 49.7 Å². The molecule has 1 aliphatic heterocycles. The molecule has 0 aromatic heterocycles. The largest absolute Gasteiger partial charge is 0.494 e. The van der Waals surface area contributed by atoms with Gasteiger partial charge < -0.3 is 9.47 Å². The van der Waals surface area contributed by atoms with Gasteiger partial charge in [-0.1, -0.05) is 31.0 Å². The van der Waals surface area contributed by atoms with E-state index in [0.717, 1.165) is 35.4 Å². The van der Waals surface area contributed by atoms with Crippen LogP contribution < -0.4 is 9.75 Å². The van der Waals surface area contributed by atoms with Crippen LogP contribution in [0.4, 0.5) is 5.69 Å². The third-order valence-corrected chi connectivity index (χ3v) is 3.91. The number of hydrogen-bond acceptors (Lipinski definition) is 4. The fourth-order valence-corrected chi connectivity index (χ4v) is 2.42. The second-order valence-electron chi connectivity index (χ2n) is 5.96. The van der Waals surface area contributed by atoms with Gasteiger partial charge in [0.25, 0.3) is 5.91 Å². The molecule has 0 saturated carbocycles.